The molecule has 3 aliphatic rings. The summed E-state index contributed by atoms with van der Waals surface area (Å²) in [6.45, 7) is 4.61. The highest BCUT2D eigenvalue weighted by Gasteiger charge is 2.71. The Hall–Kier alpha value is -0.660. The molecule has 0 spiro atoms. The van der Waals surface area contributed by atoms with Gasteiger partial charge in [0.25, 0.3) is 0 Å². The lowest BCUT2D eigenvalue weighted by Gasteiger charge is -2.60. The van der Waals surface area contributed by atoms with Crippen LogP contribution in [0.25, 0.3) is 0 Å². The van der Waals surface area contributed by atoms with Gasteiger partial charge in [-0.25, -0.2) is 8.42 Å². The van der Waals surface area contributed by atoms with E-state index in [2.05, 4.69) is 5.32 Å². The molecule has 0 aromatic rings. The lowest BCUT2D eigenvalue weighted by atomic mass is 9.48. The molecule has 0 bridgehead atoms. The molecule has 120 valence electrons. The van der Waals surface area contributed by atoms with Crippen molar-refractivity contribution in [3.05, 3.63) is 0 Å². The zero-order valence-electron chi connectivity index (χ0n) is 12.6. The predicted octanol–water partition coefficient (Wildman–Crippen LogP) is -0.178. The first-order valence-corrected chi connectivity index (χ1v) is 9.42. The van der Waals surface area contributed by atoms with Crippen molar-refractivity contribution in [2.24, 2.45) is 17.1 Å². The van der Waals surface area contributed by atoms with Gasteiger partial charge >= 0.3 is 0 Å². The largest absolute Gasteiger partial charge is 0.377 e. The average molecular weight is 316 g/mol. The van der Waals surface area contributed by atoms with Gasteiger partial charge in [-0.1, -0.05) is 13.8 Å². The van der Waals surface area contributed by atoms with Crippen LogP contribution in [-0.2, 0) is 19.4 Å². The van der Waals surface area contributed by atoms with Crippen molar-refractivity contribution in [2.75, 3.05) is 18.1 Å². The van der Waals surface area contributed by atoms with Gasteiger partial charge in [0.2, 0.25) is 5.91 Å². The topological polar surface area (TPSA) is 98.5 Å². The van der Waals surface area contributed by atoms with Gasteiger partial charge in [-0.3, -0.25) is 4.79 Å². The minimum atomic E-state index is -2.92. The molecule has 1 amide bonds. The number of sulfone groups is 1. The minimum Gasteiger partial charge on any atom is -0.377 e. The fourth-order valence-corrected chi connectivity index (χ4v) is 5.68. The average Bonchev–Trinajstić information content (AvgIpc) is 2.88. The molecule has 2 heterocycles. The predicted molar refractivity (Wildman–Crippen MR) is 78.4 cm³/mol. The second-order valence-electron chi connectivity index (χ2n) is 7.18. The number of nitrogens with two attached hydrogens (primary N) is 1. The quantitative estimate of drug-likeness (QED) is 0.736. The number of rotatable bonds is 2. The van der Waals surface area contributed by atoms with Gasteiger partial charge in [-0.2, -0.15) is 0 Å². The van der Waals surface area contributed by atoms with E-state index in [9.17, 15) is 13.2 Å². The van der Waals surface area contributed by atoms with Gasteiger partial charge in [0, 0.05) is 24.0 Å². The Kier molecular flexibility index (Phi) is 3.39. The summed E-state index contributed by atoms with van der Waals surface area (Å²) in [5.74, 6) is 0.214. The standard InChI is InChI=1S/C14H24N2O4S/c1-13(2)11-10(3-6-20-11)14(13,15)12(17)16-9-4-7-21(18,19)8-5-9/h9-11H,3-8,15H2,1-2H3,(H,16,17). The summed E-state index contributed by atoms with van der Waals surface area (Å²) < 4.78 is 28.6. The summed E-state index contributed by atoms with van der Waals surface area (Å²) in [4.78, 5) is 12.7. The molecule has 3 unspecified atom stereocenters. The monoisotopic (exact) mass is 316 g/mol. The first kappa shape index (κ1) is 15.2. The van der Waals surface area contributed by atoms with Crippen LogP contribution in [-0.4, -0.2) is 50.1 Å². The normalized spacial score (nSPS) is 41.1. The molecule has 2 aliphatic heterocycles. The summed E-state index contributed by atoms with van der Waals surface area (Å²) in [5.41, 5.74) is 5.17. The van der Waals surface area contributed by atoms with Gasteiger partial charge in [-0.15, -0.1) is 0 Å². The number of carbonyl (C=O) groups excluding carboxylic acids is 1. The summed E-state index contributed by atoms with van der Waals surface area (Å²) in [6, 6.07) is -0.0846. The Morgan fingerprint density at radius 2 is 1.86 bits per heavy atom. The van der Waals surface area contributed by atoms with Crippen LogP contribution in [0, 0.1) is 11.3 Å². The van der Waals surface area contributed by atoms with E-state index in [1.54, 1.807) is 0 Å². The molecule has 3 atom stereocenters. The SMILES string of the molecule is CC1(C)C2OCCC2C1(N)C(=O)NC1CCS(=O)(=O)CC1. The second kappa shape index (κ2) is 4.67. The third-order valence-electron chi connectivity index (χ3n) is 5.72. The summed E-state index contributed by atoms with van der Waals surface area (Å²) >= 11 is 0. The highest BCUT2D eigenvalue weighted by molar-refractivity contribution is 7.91. The van der Waals surface area contributed by atoms with Crippen molar-refractivity contribution >= 4 is 15.7 Å². The van der Waals surface area contributed by atoms with Crippen LogP contribution in [0.2, 0.25) is 0 Å². The van der Waals surface area contributed by atoms with E-state index in [-0.39, 0.29) is 40.9 Å². The molecule has 2 saturated heterocycles. The molecule has 21 heavy (non-hydrogen) atoms. The summed E-state index contributed by atoms with van der Waals surface area (Å²) in [6.07, 6.45) is 1.83. The molecule has 0 aromatic carbocycles. The fraction of sp³-hybridized carbons (Fsp3) is 0.929. The molecular formula is C14H24N2O4S. The van der Waals surface area contributed by atoms with Crippen molar-refractivity contribution in [2.45, 2.75) is 50.8 Å². The van der Waals surface area contributed by atoms with Crippen molar-refractivity contribution in [1.82, 2.24) is 5.32 Å². The smallest absolute Gasteiger partial charge is 0.241 e. The number of carbonyl (C=O) groups is 1. The van der Waals surface area contributed by atoms with Crippen LogP contribution >= 0.6 is 0 Å². The second-order valence-corrected chi connectivity index (χ2v) is 9.48. The number of nitrogens with one attached hydrogen (secondary N) is 1. The fourth-order valence-electron chi connectivity index (χ4n) is 4.18. The maximum absolute atomic E-state index is 12.7. The Morgan fingerprint density at radius 1 is 1.24 bits per heavy atom. The molecule has 6 nitrogen and oxygen atoms in total. The van der Waals surface area contributed by atoms with Crippen molar-refractivity contribution in [3.8, 4) is 0 Å². The Balaban J connectivity index is 1.68. The minimum absolute atomic E-state index is 0.0555. The van der Waals surface area contributed by atoms with Crippen molar-refractivity contribution in [1.29, 1.82) is 0 Å². The van der Waals surface area contributed by atoms with E-state index >= 15 is 0 Å². The van der Waals surface area contributed by atoms with Crippen LogP contribution in [0.4, 0.5) is 0 Å². The van der Waals surface area contributed by atoms with Gasteiger partial charge in [0.15, 0.2) is 0 Å². The van der Waals surface area contributed by atoms with Crippen LogP contribution in [0.1, 0.15) is 33.1 Å². The van der Waals surface area contributed by atoms with E-state index in [1.807, 2.05) is 13.8 Å². The Labute approximate surface area is 125 Å². The zero-order chi connectivity index (χ0) is 15.5. The molecule has 3 fully saturated rings. The maximum Gasteiger partial charge on any atom is 0.241 e. The van der Waals surface area contributed by atoms with Crippen LogP contribution < -0.4 is 11.1 Å². The molecule has 1 saturated carbocycles. The number of fused-ring (bicyclic) bond motifs is 1. The molecular weight excluding hydrogens is 292 g/mol. The number of hydrogen-bond acceptors (Lipinski definition) is 5. The highest BCUT2D eigenvalue weighted by Crippen LogP contribution is 2.58. The number of hydrogen-bond donors (Lipinski definition) is 2. The van der Waals surface area contributed by atoms with Crippen molar-refractivity contribution in [3.63, 3.8) is 0 Å². The molecule has 3 N–H and O–H groups in total. The maximum atomic E-state index is 12.7. The first-order valence-electron chi connectivity index (χ1n) is 7.60. The lowest BCUT2D eigenvalue weighted by Crippen LogP contribution is -2.80. The Morgan fingerprint density at radius 3 is 2.48 bits per heavy atom. The van der Waals surface area contributed by atoms with Gasteiger partial charge in [0.1, 0.15) is 15.4 Å². The van der Waals surface area contributed by atoms with Crippen molar-refractivity contribution < 1.29 is 17.9 Å². The lowest BCUT2D eigenvalue weighted by molar-refractivity contribution is -0.176. The molecule has 7 heteroatoms. The molecule has 0 radical (unpaired) electrons. The van der Waals surface area contributed by atoms with Gasteiger partial charge in [0.05, 0.1) is 17.6 Å². The van der Waals surface area contributed by atoms with E-state index in [4.69, 9.17) is 10.5 Å². The zero-order valence-corrected chi connectivity index (χ0v) is 13.4. The summed E-state index contributed by atoms with van der Waals surface area (Å²) in [5, 5.41) is 2.98. The third-order valence-corrected chi connectivity index (χ3v) is 7.44. The van der Waals surface area contributed by atoms with E-state index in [1.165, 1.54) is 0 Å². The summed E-state index contributed by atoms with van der Waals surface area (Å²) in [7, 11) is -2.92. The van der Waals surface area contributed by atoms with E-state index in [0.29, 0.717) is 19.4 Å². The van der Waals surface area contributed by atoms with Crippen LogP contribution in [0.3, 0.4) is 0 Å². The molecule has 3 rings (SSSR count). The Bertz CT molecular complexity index is 545. The number of ether oxygens (including phenoxy) is 1. The van der Waals surface area contributed by atoms with Gasteiger partial charge < -0.3 is 15.8 Å². The van der Waals surface area contributed by atoms with Crippen LogP contribution in [0.15, 0.2) is 0 Å². The highest BCUT2D eigenvalue weighted by atomic mass is 32.2. The van der Waals surface area contributed by atoms with E-state index < -0.39 is 15.4 Å². The molecule has 0 aromatic heterocycles. The number of amides is 1. The van der Waals surface area contributed by atoms with Crippen LogP contribution in [0.5, 0.6) is 0 Å². The first-order chi connectivity index (χ1) is 9.68. The molecule has 1 aliphatic carbocycles. The van der Waals surface area contributed by atoms with Gasteiger partial charge in [-0.05, 0) is 19.3 Å². The van der Waals surface area contributed by atoms with E-state index in [0.717, 1.165) is 6.42 Å². The third kappa shape index (κ3) is 2.12.